The Kier molecular flexibility index (Phi) is 8.65. The Morgan fingerprint density at radius 2 is 1.52 bits per heavy atom. The molecule has 0 unspecified atom stereocenters. The quantitative estimate of drug-likeness (QED) is 0.512. The Balaban J connectivity index is 1.40. The third-order valence-corrected chi connectivity index (χ3v) is 7.26. The van der Waals surface area contributed by atoms with Crippen molar-refractivity contribution in [1.29, 1.82) is 0 Å². The van der Waals surface area contributed by atoms with Gasteiger partial charge in [0.25, 0.3) is 17.7 Å². The zero-order valence-electron chi connectivity index (χ0n) is 22.3. The van der Waals surface area contributed by atoms with E-state index in [1.165, 1.54) is 18.2 Å². The summed E-state index contributed by atoms with van der Waals surface area (Å²) >= 11 is 0. The molecule has 0 aliphatic carbocycles. The van der Waals surface area contributed by atoms with Gasteiger partial charge in [0.15, 0.2) is 0 Å². The van der Waals surface area contributed by atoms with Crippen LogP contribution >= 0.6 is 0 Å². The van der Waals surface area contributed by atoms with Gasteiger partial charge in [-0.3, -0.25) is 19.4 Å². The number of rotatable bonds is 5. The first kappa shape index (κ1) is 27.3. The van der Waals surface area contributed by atoms with Crippen molar-refractivity contribution >= 4 is 29.1 Å². The van der Waals surface area contributed by atoms with E-state index in [0.717, 1.165) is 31.6 Å². The molecule has 10 heteroatoms. The number of carbonyl (C=O) groups excluding carboxylic acids is 3. The zero-order valence-corrected chi connectivity index (χ0v) is 22.3. The van der Waals surface area contributed by atoms with Gasteiger partial charge in [0, 0.05) is 74.9 Å². The highest BCUT2D eigenvalue weighted by molar-refractivity contribution is 6.07. The van der Waals surface area contributed by atoms with Crippen LogP contribution in [0.4, 0.5) is 15.8 Å². The molecule has 208 valence electrons. The lowest BCUT2D eigenvalue weighted by molar-refractivity contribution is 0.0759. The number of amides is 3. The number of carbonyl (C=O) groups is 3. The Labute approximate surface area is 233 Å². The molecule has 0 atom stereocenters. The summed E-state index contributed by atoms with van der Waals surface area (Å²) in [7, 11) is 0. The van der Waals surface area contributed by atoms with E-state index in [2.05, 4.69) is 20.5 Å². The Morgan fingerprint density at radius 1 is 0.750 bits per heavy atom. The molecule has 2 aliphatic heterocycles. The summed E-state index contributed by atoms with van der Waals surface area (Å²) in [6.07, 6.45) is 4.82. The van der Waals surface area contributed by atoms with Gasteiger partial charge < -0.3 is 25.3 Å². The van der Waals surface area contributed by atoms with E-state index in [1.54, 1.807) is 42.7 Å². The summed E-state index contributed by atoms with van der Waals surface area (Å²) in [5.41, 5.74) is 2.48. The molecular formula is C30H33FN6O3. The average Bonchev–Trinajstić information content (AvgIpc) is 3.41. The lowest BCUT2D eigenvalue weighted by atomic mass is 10.1. The van der Waals surface area contributed by atoms with Gasteiger partial charge in [-0.15, -0.1) is 0 Å². The number of benzene rings is 2. The van der Waals surface area contributed by atoms with E-state index in [1.807, 2.05) is 15.9 Å². The van der Waals surface area contributed by atoms with E-state index < -0.39 is 11.7 Å². The first-order chi connectivity index (χ1) is 19.5. The maximum atomic E-state index is 13.8. The number of hydrogen-bond donors (Lipinski definition) is 2. The lowest BCUT2D eigenvalue weighted by Gasteiger charge is -2.27. The number of halogens is 1. The topological polar surface area (TPSA) is 97.9 Å². The molecule has 3 aromatic rings. The summed E-state index contributed by atoms with van der Waals surface area (Å²) in [5, 5.41) is 6.23. The number of nitrogens with one attached hydrogen (secondary N) is 2. The van der Waals surface area contributed by atoms with Gasteiger partial charge in [-0.2, -0.15) is 0 Å². The first-order valence-corrected chi connectivity index (χ1v) is 13.6. The lowest BCUT2D eigenvalue weighted by Crippen LogP contribution is -2.35. The van der Waals surface area contributed by atoms with Crippen molar-refractivity contribution in [3.8, 4) is 0 Å². The van der Waals surface area contributed by atoms with Crippen LogP contribution in [0.2, 0.25) is 0 Å². The fourth-order valence-electron chi connectivity index (χ4n) is 5.14. The van der Waals surface area contributed by atoms with Gasteiger partial charge in [0.05, 0.1) is 11.4 Å². The average molecular weight is 545 g/mol. The van der Waals surface area contributed by atoms with Crippen LogP contribution in [0.15, 0.2) is 67.0 Å². The van der Waals surface area contributed by atoms with Gasteiger partial charge >= 0.3 is 0 Å². The Morgan fingerprint density at radius 3 is 2.35 bits per heavy atom. The maximum Gasteiger partial charge on any atom is 0.255 e. The van der Waals surface area contributed by atoms with Crippen molar-refractivity contribution in [3.63, 3.8) is 0 Å². The highest BCUT2D eigenvalue weighted by Crippen LogP contribution is 2.30. The highest BCUT2D eigenvalue weighted by Gasteiger charge is 2.24. The van der Waals surface area contributed by atoms with Gasteiger partial charge in [0.2, 0.25) is 0 Å². The van der Waals surface area contributed by atoms with Crippen LogP contribution in [-0.4, -0.2) is 84.9 Å². The van der Waals surface area contributed by atoms with Crippen LogP contribution in [0.1, 0.15) is 43.9 Å². The predicted octanol–water partition coefficient (Wildman–Crippen LogP) is 3.26. The molecule has 9 nitrogen and oxygen atoms in total. The molecule has 2 aliphatic rings. The number of pyridine rings is 1. The number of aromatic nitrogens is 1. The summed E-state index contributed by atoms with van der Waals surface area (Å²) in [6, 6.07) is 14.3. The van der Waals surface area contributed by atoms with Crippen molar-refractivity contribution in [2.75, 3.05) is 62.6 Å². The van der Waals surface area contributed by atoms with Crippen molar-refractivity contribution in [2.45, 2.75) is 12.8 Å². The van der Waals surface area contributed by atoms with Gasteiger partial charge in [-0.25, -0.2) is 4.39 Å². The summed E-state index contributed by atoms with van der Waals surface area (Å²) < 4.78 is 13.8. The molecule has 0 spiro atoms. The Hall–Kier alpha value is -4.31. The first-order valence-electron chi connectivity index (χ1n) is 13.6. The molecule has 2 saturated heterocycles. The van der Waals surface area contributed by atoms with E-state index in [-0.39, 0.29) is 17.4 Å². The number of hydrogen-bond acceptors (Lipinski definition) is 6. The van der Waals surface area contributed by atoms with Gasteiger partial charge in [0.1, 0.15) is 5.82 Å². The van der Waals surface area contributed by atoms with E-state index in [9.17, 15) is 18.8 Å². The molecule has 3 amide bonds. The van der Waals surface area contributed by atoms with Crippen LogP contribution in [-0.2, 0) is 0 Å². The van der Waals surface area contributed by atoms with Crippen molar-refractivity contribution < 1.29 is 18.8 Å². The minimum atomic E-state index is -0.502. The summed E-state index contributed by atoms with van der Waals surface area (Å²) in [4.78, 5) is 49.3. The smallest absolute Gasteiger partial charge is 0.255 e. The molecular weight excluding hydrogens is 511 g/mol. The van der Waals surface area contributed by atoms with Crippen molar-refractivity contribution in [2.24, 2.45) is 0 Å². The summed E-state index contributed by atoms with van der Waals surface area (Å²) in [6.45, 7) is 5.18. The molecule has 0 saturated carbocycles. The fraction of sp³-hybridized carbons (Fsp3) is 0.333. The van der Waals surface area contributed by atoms with Crippen LogP contribution in [0, 0.1) is 5.82 Å². The van der Waals surface area contributed by atoms with Crippen LogP contribution in [0.3, 0.4) is 0 Å². The number of nitrogens with zero attached hydrogens (tertiary/aromatic N) is 4. The van der Waals surface area contributed by atoms with Gasteiger partial charge in [-0.05, 0) is 67.9 Å². The largest absolute Gasteiger partial charge is 0.368 e. The highest BCUT2D eigenvalue weighted by atomic mass is 19.1. The van der Waals surface area contributed by atoms with E-state index in [4.69, 9.17) is 0 Å². The predicted molar refractivity (Wildman–Crippen MR) is 151 cm³/mol. The van der Waals surface area contributed by atoms with Crippen LogP contribution in [0.5, 0.6) is 0 Å². The minimum absolute atomic E-state index is 0.0447. The van der Waals surface area contributed by atoms with E-state index in [0.29, 0.717) is 56.1 Å². The second-order valence-electron chi connectivity index (χ2n) is 9.96. The molecule has 2 fully saturated rings. The van der Waals surface area contributed by atoms with Crippen LogP contribution < -0.4 is 15.5 Å². The molecule has 2 aromatic carbocycles. The third kappa shape index (κ3) is 6.45. The summed E-state index contributed by atoms with van der Waals surface area (Å²) in [5.74, 6) is -1.11. The van der Waals surface area contributed by atoms with E-state index >= 15 is 0 Å². The normalized spacial score (nSPS) is 16.2. The molecule has 40 heavy (non-hydrogen) atoms. The Bertz CT molecular complexity index is 1360. The maximum absolute atomic E-state index is 13.8. The SMILES string of the molecule is O=C(Nc1cc(C(=O)N2CCCNCC2)ccc1N1CCCN(C(=O)c2ccncc2)CC1)c1cccc(F)c1. The van der Waals surface area contributed by atoms with Crippen molar-refractivity contribution in [1.82, 2.24) is 20.1 Å². The fourth-order valence-corrected chi connectivity index (χ4v) is 5.14. The molecule has 5 rings (SSSR count). The minimum Gasteiger partial charge on any atom is -0.368 e. The molecule has 1 aromatic heterocycles. The third-order valence-electron chi connectivity index (χ3n) is 7.26. The van der Waals surface area contributed by atoms with Gasteiger partial charge in [-0.1, -0.05) is 6.07 Å². The standard InChI is InChI=1S/C30H33FN6O3/c31-25-5-1-4-23(20-25)28(38)34-26-21-24(30(40)36-14-2-10-32-13-17-36)6-7-27(26)35-15-3-16-37(19-18-35)29(39)22-8-11-33-12-9-22/h1,4-9,11-12,20-21,32H,2-3,10,13-19H2,(H,34,38). The zero-order chi connectivity index (χ0) is 27.9. The molecule has 3 heterocycles. The van der Waals surface area contributed by atoms with Crippen molar-refractivity contribution in [3.05, 3.63) is 89.5 Å². The molecule has 0 radical (unpaired) electrons. The van der Waals surface area contributed by atoms with Crippen LogP contribution in [0.25, 0.3) is 0 Å². The second-order valence-corrected chi connectivity index (χ2v) is 9.96. The monoisotopic (exact) mass is 544 g/mol. The second kappa shape index (κ2) is 12.7. The molecule has 0 bridgehead atoms. The number of anilines is 2. The molecule has 2 N–H and O–H groups in total.